The van der Waals surface area contributed by atoms with Crippen LogP contribution in [0.3, 0.4) is 0 Å². The molecule has 0 aliphatic rings. The minimum absolute atomic E-state index is 0.591. The van der Waals surface area contributed by atoms with E-state index >= 15 is 0 Å². The number of benzene rings is 4. The summed E-state index contributed by atoms with van der Waals surface area (Å²) in [5.41, 5.74) is 11.3. The van der Waals surface area contributed by atoms with E-state index in [0.29, 0.717) is 5.82 Å². The van der Waals surface area contributed by atoms with Gasteiger partial charge >= 0.3 is 0 Å². The molecule has 0 saturated carbocycles. The largest absolute Gasteiger partial charge is 0.259 e. The molecule has 0 unspecified atom stereocenters. The van der Waals surface area contributed by atoms with Crippen LogP contribution in [0.5, 0.6) is 0 Å². The summed E-state index contributed by atoms with van der Waals surface area (Å²) in [6, 6.07) is 32.8. The summed E-state index contributed by atoms with van der Waals surface area (Å²) >= 11 is 3.26. The summed E-state index contributed by atoms with van der Waals surface area (Å²) in [6.45, 7) is 6.23. The standard InChI is InChI=1S/C34H27N7S2/c1-21-17-18-24(19-22(21)2)31-26-13-7-8-14-27(26)32(39-37-31)38-35-20-28-23(3)40-41(25-11-5-4-6-12-25)33(28)43-34-36-29-15-9-10-16-30(29)42-34/h4-20H,1-3H3,(H,38,39)/b35-20+. The first kappa shape index (κ1) is 27.0. The van der Waals surface area contributed by atoms with Crippen molar-refractivity contribution in [3.63, 3.8) is 0 Å². The number of para-hydroxylation sites is 2. The number of hydrogen-bond donors (Lipinski definition) is 1. The maximum Gasteiger partial charge on any atom is 0.176 e. The van der Waals surface area contributed by atoms with Crippen molar-refractivity contribution in [2.45, 2.75) is 30.1 Å². The average molecular weight is 598 g/mol. The van der Waals surface area contributed by atoms with Gasteiger partial charge in [0, 0.05) is 16.3 Å². The van der Waals surface area contributed by atoms with Gasteiger partial charge in [0.05, 0.1) is 33.4 Å². The van der Waals surface area contributed by atoms with E-state index < -0.39 is 0 Å². The Morgan fingerprint density at radius 3 is 2.40 bits per heavy atom. The molecule has 3 aromatic heterocycles. The number of nitrogens with one attached hydrogen (secondary N) is 1. The third-order valence-electron chi connectivity index (χ3n) is 7.35. The van der Waals surface area contributed by atoms with Crippen molar-refractivity contribution in [2.24, 2.45) is 5.10 Å². The minimum atomic E-state index is 0.591. The summed E-state index contributed by atoms with van der Waals surface area (Å²) in [4.78, 5) is 4.86. The van der Waals surface area contributed by atoms with Gasteiger partial charge in [-0.3, -0.25) is 5.43 Å². The van der Waals surface area contributed by atoms with Crippen molar-refractivity contribution in [3.8, 4) is 16.9 Å². The lowest BCUT2D eigenvalue weighted by Gasteiger charge is -2.10. The Balaban J connectivity index is 1.25. The van der Waals surface area contributed by atoms with Crippen molar-refractivity contribution in [2.75, 3.05) is 5.43 Å². The first-order valence-corrected chi connectivity index (χ1v) is 15.5. The number of rotatable bonds is 7. The fourth-order valence-electron chi connectivity index (χ4n) is 4.93. The highest BCUT2D eigenvalue weighted by molar-refractivity contribution is 8.01. The molecule has 1 N–H and O–H groups in total. The molecule has 0 amide bonds. The maximum atomic E-state index is 4.89. The molecule has 43 heavy (non-hydrogen) atoms. The number of fused-ring (bicyclic) bond motifs is 2. The Kier molecular flexibility index (Phi) is 7.18. The molecular formula is C34H27N7S2. The molecular weight excluding hydrogens is 571 g/mol. The van der Waals surface area contributed by atoms with Crippen molar-refractivity contribution in [3.05, 3.63) is 119 Å². The monoisotopic (exact) mass is 597 g/mol. The fraction of sp³-hybridized carbons (Fsp3) is 0.0882. The van der Waals surface area contributed by atoms with Crippen LogP contribution in [0, 0.1) is 20.8 Å². The first-order valence-electron chi connectivity index (χ1n) is 13.9. The van der Waals surface area contributed by atoms with Gasteiger partial charge in [-0.05, 0) is 74.0 Å². The van der Waals surface area contributed by atoms with Crippen LogP contribution < -0.4 is 5.43 Å². The van der Waals surface area contributed by atoms with Crippen LogP contribution in [-0.4, -0.2) is 31.2 Å². The van der Waals surface area contributed by atoms with Crippen molar-refractivity contribution in [1.29, 1.82) is 0 Å². The molecule has 210 valence electrons. The van der Waals surface area contributed by atoms with Crippen LogP contribution in [0.25, 0.3) is 37.9 Å². The van der Waals surface area contributed by atoms with Crippen molar-refractivity contribution in [1.82, 2.24) is 25.0 Å². The number of aryl methyl sites for hydroxylation is 3. The van der Waals surface area contributed by atoms with Gasteiger partial charge < -0.3 is 0 Å². The van der Waals surface area contributed by atoms with Crippen molar-refractivity contribution < 1.29 is 0 Å². The van der Waals surface area contributed by atoms with E-state index in [1.54, 1.807) is 23.1 Å². The molecule has 3 heterocycles. The molecule has 0 saturated heterocycles. The third-order valence-corrected chi connectivity index (χ3v) is 9.54. The Morgan fingerprint density at radius 2 is 1.58 bits per heavy atom. The first-order chi connectivity index (χ1) is 21.0. The van der Waals surface area contributed by atoms with Crippen LogP contribution in [0.2, 0.25) is 0 Å². The molecule has 4 aromatic carbocycles. The van der Waals surface area contributed by atoms with Gasteiger partial charge in [0.1, 0.15) is 10.7 Å². The quantitative estimate of drug-likeness (QED) is 0.146. The summed E-state index contributed by atoms with van der Waals surface area (Å²) in [5, 5.41) is 21.6. The SMILES string of the molecule is Cc1ccc(-c2nnc(N/N=C/c3c(C)nn(-c4ccccc4)c3Sc3nc4ccccc4s3)c3ccccc23)cc1C. The molecule has 0 fully saturated rings. The molecule has 0 aliphatic heterocycles. The van der Waals surface area contributed by atoms with E-state index in [2.05, 4.69) is 64.9 Å². The maximum absolute atomic E-state index is 4.89. The normalized spacial score (nSPS) is 11.6. The molecule has 0 aliphatic carbocycles. The molecule has 0 bridgehead atoms. The number of aromatic nitrogens is 5. The van der Waals surface area contributed by atoms with Gasteiger partial charge in [0.25, 0.3) is 0 Å². The molecule has 7 rings (SSSR count). The van der Waals surface area contributed by atoms with Crippen LogP contribution in [0.1, 0.15) is 22.4 Å². The van der Waals surface area contributed by atoms with Gasteiger partial charge in [0.15, 0.2) is 10.2 Å². The zero-order valence-electron chi connectivity index (χ0n) is 23.8. The number of hydrazone groups is 1. The van der Waals surface area contributed by atoms with E-state index in [4.69, 9.17) is 10.1 Å². The van der Waals surface area contributed by atoms with Gasteiger partial charge in [-0.15, -0.1) is 21.5 Å². The van der Waals surface area contributed by atoms with Gasteiger partial charge in [0.2, 0.25) is 0 Å². The third kappa shape index (κ3) is 5.29. The second-order valence-electron chi connectivity index (χ2n) is 10.2. The highest BCUT2D eigenvalue weighted by atomic mass is 32.2. The van der Waals surface area contributed by atoms with Crippen molar-refractivity contribution >= 4 is 56.1 Å². The fourth-order valence-corrected chi connectivity index (χ4v) is 7.16. The molecule has 0 spiro atoms. The second kappa shape index (κ2) is 11.4. The Bertz CT molecular complexity index is 2100. The molecule has 0 radical (unpaired) electrons. The smallest absolute Gasteiger partial charge is 0.176 e. The summed E-state index contributed by atoms with van der Waals surface area (Å²) in [7, 11) is 0. The predicted octanol–water partition coefficient (Wildman–Crippen LogP) is 8.61. The lowest BCUT2D eigenvalue weighted by Crippen LogP contribution is -2.00. The van der Waals surface area contributed by atoms with Gasteiger partial charge in [-0.1, -0.05) is 66.7 Å². The summed E-state index contributed by atoms with van der Waals surface area (Å²) in [6.07, 6.45) is 1.81. The van der Waals surface area contributed by atoms with E-state index in [1.165, 1.54) is 11.1 Å². The topological polar surface area (TPSA) is 80.9 Å². The zero-order valence-corrected chi connectivity index (χ0v) is 25.4. The van der Waals surface area contributed by atoms with E-state index in [0.717, 1.165) is 58.6 Å². The summed E-state index contributed by atoms with van der Waals surface area (Å²) < 4.78 is 4.06. The van der Waals surface area contributed by atoms with E-state index in [-0.39, 0.29) is 0 Å². The zero-order chi connectivity index (χ0) is 29.3. The van der Waals surface area contributed by atoms with Gasteiger partial charge in [-0.25, -0.2) is 9.67 Å². The number of hydrogen-bond acceptors (Lipinski definition) is 8. The Labute approximate surface area is 257 Å². The van der Waals surface area contributed by atoms with Crippen LogP contribution in [0.15, 0.2) is 112 Å². The lowest BCUT2D eigenvalue weighted by molar-refractivity contribution is 0.793. The number of nitrogens with zero attached hydrogens (tertiary/aromatic N) is 6. The number of anilines is 1. The molecule has 7 aromatic rings. The average Bonchev–Trinajstić information content (AvgIpc) is 3.59. The number of thiazole rings is 1. The van der Waals surface area contributed by atoms with E-state index in [1.807, 2.05) is 84.6 Å². The van der Waals surface area contributed by atoms with Crippen LogP contribution in [-0.2, 0) is 0 Å². The lowest BCUT2D eigenvalue weighted by atomic mass is 10.0. The Morgan fingerprint density at radius 1 is 0.814 bits per heavy atom. The second-order valence-corrected chi connectivity index (χ2v) is 12.5. The van der Waals surface area contributed by atoms with Gasteiger partial charge in [-0.2, -0.15) is 10.2 Å². The highest BCUT2D eigenvalue weighted by Gasteiger charge is 2.19. The summed E-state index contributed by atoms with van der Waals surface area (Å²) in [5.74, 6) is 0.591. The predicted molar refractivity (Wildman–Crippen MR) is 178 cm³/mol. The van der Waals surface area contributed by atoms with E-state index in [9.17, 15) is 0 Å². The minimum Gasteiger partial charge on any atom is -0.259 e. The Hall–Kier alpha value is -4.86. The molecule has 9 heteroatoms. The van der Waals surface area contributed by atoms with Crippen LogP contribution >= 0.6 is 23.1 Å². The molecule has 0 atom stereocenters. The van der Waals surface area contributed by atoms with Crippen LogP contribution in [0.4, 0.5) is 5.82 Å². The molecule has 7 nitrogen and oxygen atoms in total. The highest BCUT2D eigenvalue weighted by Crippen LogP contribution is 2.38.